The molecule has 0 bridgehead atoms. The van der Waals surface area contributed by atoms with Crippen LogP contribution in [0.25, 0.3) is 0 Å². The van der Waals surface area contributed by atoms with Crippen LogP contribution in [0.3, 0.4) is 0 Å². The van der Waals surface area contributed by atoms with Crippen LogP contribution in [0.15, 0.2) is 84.9 Å². The van der Waals surface area contributed by atoms with Gasteiger partial charge < -0.3 is 10.2 Å². The maximum absolute atomic E-state index is 12.3. The number of aliphatic carboxylic acids is 1. The van der Waals surface area contributed by atoms with Crippen LogP contribution < -0.4 is 0 Å². The minimum atomic E-state index is -0.940. The highest BCUT2D eigenvalue weighted by atomic mass is 16.4. The van der Waals surface area contributed by atoms with Crippen LogP contribution in [0, 0.1) is 0 Å². The van der Waals surface area contributed by atoms with Crippen LogP contribution >= 0.6 is 0 Å². The highest BCUT2D eigenvalue weighted by Crippen LogP contribution is 2.42. The summed E-state index contributed by atoms with van der Waals surface area (Å²) >= 11 is 0. The molecule has 1 atom stereocenters. The molecule has 4 heteroatoms. The first-order chi connectivity index (χ1) is 17.3. The Labute approximate surface area is 215 Å². The molecule has 4 nitrogen and oxygen atoms in total. The largest absolute Gasteiger partial charge is 0.481 e. The molecular weight excluding hydrogens is 446 g/mol. The molecule has 0 spiro atoms. The Morgan fingerprint density at radius 2 is 1.47 bits per heavy atom. The van der Waals surface area contributed by atoms with Gasteiger partial charge in [0.05, 0.1) is 11.3 Å². The second kappa shape index (κ2) is 11.4. The molecule has 0 saturated carbocycles. The first kappa shape index (κ1) is 26.1. The van der Waals surface area contributed by atoms with E-state index < -0.39 is 17.1 Å². The van der Waals surface area contributed by atoms with Gasteiger partial charge in [-0.05, 0) is 74.6 Å². The van der Waals surface area contributed by atoms with Crippen LogP contribution in [-0.2, 0) is 16.6 Å². The number of benzene rings is 3. The van der Waals surface area contributed by atoms with E-state index in [2.05, 4.69) is 59.5 Å². The molecule has 0 amide bonds. The van der Waals surface area contributed by atoms with Crippen molar-refractivity contribution in [2.24, 2.45) is 0 Å². The summed E-state index contributed by atoms with van der Waals surface area (Å²) in [5, 5.41) is 22.0. The average Bonchev–Trinajstić information content (AvgIpc) is 2.89. The van der Waals surface area contributed by atoms with Crippen molar-refractivity contribution in [3.05, 3.63) is 107 Å². The van der Waals surface area contributed by atoms with E-state index >= 15 is 0 Å². The number of rotatable bonds is 10. The molecule has 0 aliphatic carbocycles. The molecule has 1 aliphatic rings. The predicted molar refractivity (Wildman–Crippen MR) is 145 cm³/mol. The van der Waals surface area contributed by atoms with E-state index in [1.165, 1.54) is 0 Å². The van der Waals surface area contributed by atoms with E-state index in [4.69, 9.17) is 0 Å². The van der Waals surface area contributed by atoms with E-state index in [1.54, 1.807) is 13.8 Å². The van der Waals surface area contributed by atoms with Gasteiger partial charge in [-0.15, -0.1) is 0 Å². The number of carboxylic acid groups (broad SMARTS) is 1. The number of likely N-dealkylation sites (tertiary alicyclic amines) is 1. The third-order valence-electron chi connectivity index (χ3n) is 7.85. The van der Waals surface area contributed by atoms with Gasteiger partial charge in [-0.25, -0.2) is 0 Å². The van der Waals surface area contributed by atoms with Crippen LogP contribution in [-0.4, -0.2) is 39.9 Å². The second-order valence-corrected chi connectivity index (χ2v) is 10.6. The van der Waals surface area contributed by atoms with Crippen LogP contribution in [0.5, 0.6) is 0 Å². The minimum absolute atomic E-state index is 0.114. The first-order valence-electron chi connectivity index (χ1n) is 13.2. The van der Waals surface area contributed by atoms with Crippen LogP contribution in [0.4, 0.5) is 0 Å². The maximum atomic E-state index is 12.3. The predicted octanol–water partition coefficient (Wildman–Crippen LogP) is 6.38. The molecule has 190 valence electrons. The van der Waals surface area contributed by atoms with Gasteiger partial charge in [0.1, 0.15) is 5.72 Å². The van der Waals surface area contributed by atoms with E-state index in [0.29, 0.717) is 0 Å². The molecule has 1 aliphatic heterocycles. The molecule has 3 aromatic carbocycles. The highest BCUT2D eigenvalue weighted by molar-refractivity contribution is 5.80. The standard InChI is InChI=1S/C32H39NO3/c1-31(2,30(34)35)28-21-10-9-15-25(28)16-11-13-23-33-24-14-12-22-32(33,36)29(26-17-5-3-6-18-26)27-19-7-4-8-20-27/h3-10,15,17-21,29,36H,11-14,16,22-24H2,1-2H3,(H,34,35). The summed E-state index contributed by atoms with van der Waals surface area (Å²) in [6.45, 7) is 5.25. The Kier molecular flexibility index (Phi) is 8.28. The smallest absolute Gasteiger partial charge is 0.313 e. The van der Waals surface area contributed by atoms with E-state index in [9.17, 15) is 15.0 Å². The number of carboxylic acids is 1. The monoisotopic (exact) mass is 485 g/mol. The fourth-order valence-corrected chi connectivity index (χ4v) is 5.77. The molecule has 3 aromatic rings. The number of carbonyl (C=O) groups is 1. The Morgan fingerprint density at radius 1 is 0.889 bits per heavy atom. The van der Waals surface area contributed by atoms with Crippen molar-refractivity contribution in [3.8, 4) is 0 Å². The van der Waals surface area contributed by atoms with Gasteiger partial charge in [0, 0.05) is 13.1 Å². The summed E-state index contributed by atoms with van der Waals surface area (Å²) in [7, 11) is 0. The van der Waals surface area contributed by atoms with E-state index in [1.807, 2.05) is 30.3 Å². The Hall–Kier alpha value is -2.95. The van der Waals surface area contributed by atoms with Gasteiger partial charge in [0.25, 0.3) is 0 Å². The summed E-state index contributed by atoms with van der Waals surface area (Å²) in [6.07, 6.45) is 5.58. The van der Waals surface area contributed by atoms with Gasteiger partial charge in [-0.2, -0.15) is 0 Å². The number of hydrogen-bond donors (Lipinski definition) is 2. The summed E-state index contributed by atoms with van der Waals surface area (Å²) in [5.41, 5.74) is 2.42. The molecule has 0 aromatic heterocycles. The number of nitrogens with zero attached hydrogens (tertiary/aromatic N) is 1. The fraction of sp³-hybridized carbons (Fsp3) is 0.406. The molecule has 1 fully saturated rings. The molecular formula is C32H39NO3. The van der Waals surface area contributed by atoms with Gasteiger partial charge in [0.15, 0.2) is 0 Å². The lowest BCUT2D eigenvalue weighted by Gasteiger charge is -2.48. The Balaban J connectivity index is 1.50. The minimum Gasteiger partial charge on any atom is -0.481 e. The van der Waals surface area contributed by atoms with Gasteiger partial charge in [-0.3, -0.25) is 9.69 Å². The quantitative estimate of drug-likeness (QED) is 0.327. The van der Waals surface area contributed by atoms with Crippen molar-refractivity contribution in [1.29, 1.82) is 0 Å². The number of unbranched alkanes of at least 4 members (excludes halogenated alkanes) is 1. The topological polar surface area (TPSA) is 60.8 Å². The van der Waals surface area contributed by atoms with Gasteiger partial charge in [-0.1, -0.05) is 84.9 Å². The van der Waals surface area contributed by atoms with Crippen LogP contribution in [0.2, 0.25) is 0 Å². The lowest BCUT2D eigenvalue weighted by molar-refractivity contribution is -0.143. The van der Waals surface area contributed by atoms with Crippen molar-refractivity contribution in [1.82, 2.24) is 4.90 Å². The number of hydrogen-bond acceptors (Lipinski definition) is 3. The fourth-order valence-electron chi connectivity index (χ4n) is 5.77. The maximum Gasteiger partial charge on any atom is 0.313 e. The zero-order valence-electron chi connectivity index (χ0n) is 21.6. The molecule has 36 heavy (non-hydrogen) atoms. The van der Waals surface area contributed by atoms with Crippen molar-refractivity contribution >= 4 is 5.97 Å². The Morgan fingerprint density at radius 3 is 2.08 bits per heavy atom. The Bertz CT molecular complexity index is 1090. The molecule has 2 N–H and O–H groups in total. The number of aliphatic hydroxyl groups is 1. The normalized spacial score (nSPS) is 18.9. The first-order valence-corrected chi connectivity index (χ1v) is 13.2. The number of aryl methyl sites for hydroxylation is 1. The zero-order valence-corrected chi connectivity index (χ0v) is 21.6. The van der Waals surface area contributed by atoms with Crippen molar-refractivity contribution in [2.75, 3.05) is 13.1 Å². The molecule has 0 radical (unpaired) electrons. The lowest BCUT2D eigenvalue weighted by atomic mass is 9.77. The summed E-state index contributed by atoms with van der Waals surface area (Å²) in [5.74, 6) is -0.918. The second-order valence-electron chi connectivity index (χ2n) is 10.6. The van der Waals surface area contributed by atoms with Crippen LogP contribution in [0.1, 0.15) is 74.1 Å². The highest BCUT2D eigenvalue weighted by Gasteiger charge is 2.44. The summed E-state index contributed by atoms with van der Waals surface area (Å²) < 4.78 is 0. The zero-order chi connectivity index (χ0) is 25.6. The third kappa shape index (κ3) is 5.55. The average molecular weight is 486 g/mol. The molecule has 1 saturated heterocycles. The van der Waals surface area contributed by atoms with Gasteiger partial charge >= 0.3 is 5.97 Å². The molecule has 1 unspecified atom stereocenters. The van der Waals surface area contributed by atoms with E-state index in [-0.39, 0.29) is 5.92 Å². The van der Waals surface area contributed by atoms with Crippen molar-refractivity contribution < 1.29 is 15.0 Å². The SMILES string of the molecule is CC(C)(C(=O)O)c1ccccc1CCCCN1CCCCC1(O)C(c1ccccc1)c1ccccc1. The third-order valence-corrected chi connectivity index (χ3v) is 7.85. The summed E-state index contributed by atoms with van der Waals surface area (Å²) in [6, 6.07) is 28.7. The van der Waals surface area contributed by atoms with Crippen molar-refractivity contribution in [2.45, 2.75) is 69.4 Å². The van der Waals surface area contributed by atoms with Crippen molar-refractivity contribution in [3.63, 3.8) is 0 Å². The van der Waals surface area contributed by atoms with E-state index in [0.717, 1.165) is 73.9 Å². The van der Waals surface area contributed by atoms with Gasteiger partial charge in [0.2, 0.25) is 0 Å². The molecule has 4 rings (SSSR count). The molecule has 1 heterocycles. The lowest BCUT2D eigenvalue weighted by Crippen LogP contribution is -2.56. The number of piperidine rings is 1. The summed E-state index contributed by atoms with van der Waals surface area (Å²) in [4.78, 5) is 14.1.